The van der Waals surface area contributed by atoms with Gasteiger partial charge in [0.2, 0.25) is 0 Å². The molecule has 0 aliphatic rings. The summed E-state index contributed by atoms with van der Waals surface area (Å²) in [5, 5.41) is 0.513. The monoisotopic (exact) mass is 190 g/mol. The van der Waals surface area contributed by atoms with Crippen LogP contribution < -0.4 is 0 Å². The molecule has 0 aliphatic carbocycles. The summed E-state index contributed by atoms with van der Waals surface area (Å²) in [6.07, 6.45) is 1.96. The Balaban J connectivity index is 2.99. The van der Waals surface area contributed by atoms with E-state index >= 15 is 0 Å². The van der Waals surface area contributed by atoms with Gasteiger partial charge in [-0.2, -0.15) is 0 Å². The van der Waals surface area contributed by atoms with Crippen molar-refractivity contribution in [3.63, 3.8) is 0 Å². The van der Waals surface area contributed by atoms with Crippen LogP contribution in [-0.4, -0.2) is 6.26 Å². The lowest BCUT2D eigenvalue weighted by molar-refractivity contribution is 0.485. The molecule has 0 N–H and O–H groups in total. The zero-order chi connectivity index (χ0) is 8.27. The van der Waals surface area contributed by atoms with E-state index in [1.54, 1.807) is 23.9 Å². The van der Waals surface area contributed by atoms with Crippen molar-refractivity contribution in [2.24, 2.45) is 0 Å². The number of hydrogen-bond acceptors (Lipinski definition) is 1. The normalized spacial score (nSPS) is 10.1. The smallest absolute Gasteiger partial charge is 0.116 e. The molecule has 1 aromatic carbocycles. The minimum atomic E-state index is -0.493. The van der Waals surface area contributed by atoms with Crippen LogP contribution in [0.25, 0.3) is 0 Å². The highest BCUT2D eigenvalue weighted by molar-refractivity contribution is 7.98. The Bertz CT molecular complexity index is 250. The molecule has 60 valence electrons. The predicted octanol–water partition coefficient (Wildman–Crippen LogP) is 3.53. The fraction of sp³-hybridized carbons (Fsp3) is 0.250. The summed E-state index contributed by atoms with van der Waals surface area (Å²) in [6.45, 7) is -0.493. The molecule has 3 heteroatoms. The van der Waals surface area contributed by atoms with Crippen LogP contribution in [0.4, 0.5) is 4.39 Å². The third-order valence-corrected chi connectivity index (χ3v) is 2.48. The molecule has 0 unspecified atom stereocenters. The Kier molecular flexibility index (Phi) is 3.21. The molecule has 0 bridgehead atoms. The van der Waals surface area contributed by atoms with E-state index in [0.29, 0.717) is 10.6 Å². The molecule has 0 saturated heterocycles. The van der Waals surface area contributed by atoms with Gasteiger partial charge in [-0.05, 0) is 18.4 Å². The van der Waals surface area contributed by atoms with Crippen LogP contribution in [0.1, 0.15) is 5.56 Å². The third-order valence-electron chi connectivity index (χ3n) is 1.40. The molecule has 0 heterocycles. The van der Waals surface area contributed by atoms with Crippen molar-refractivity contribution in [1.82, 2.24) is 0 Å². The lowest BCUT2D eigenvalue weighted by Gasteiger charge is -2.00. The largest absolute Gasteiger partial charge is 0.246 e. The van der Waals surface area contributed by atoms with E-state index in [9.17, 15) is 4.39 Å². The van der Waals surface area contributed by atoms with E-state index in [0.717, 1.165) is 4.90 Å². The highest BCUT2D eigenvalue weighted by Gasteiger charge is 1.99. The first-order valence-electron chi connectivity index (χ1n) is 3.16. The molecule has 0 aromatic heterocycles. The van der Waals surface area contributed by atoms with Gasteiger partial charge in [-0.1, -0.05) is 17.7 Å². The van der Waals surface area contributed by atoms with Crippen molar-refractivity contribution in [2.75, 3.05) is 6.26 Å². The second-order valence-electron chi connectivity index (χ2n) is 2.09. The number of halogens is 2. The lowest BCUT2D eigenvalue weighted by Crippen LogP contribution is -1.80. The van der Waals surface area contributed by atoms with Crippen molar-refractivity contribution in [1.29, 1.82) is 0 Å². The molecule has 0 atom stereocenters. The molecule has 0 fully saturated rings. The molecule has 0 saturated carbocycles. The van der Waals surface area contributed by atoms with Gasteiger partial charge < -0.3 is 0 Å². The van der Waals surface area contributed by atoms with Crippen molar-refractivity contribution < 1.29 is 4.39 Å². The first-order chi connectivity index (χ1) is 5.27. The molecule has 0 aliphatic heterocycles. The van der Waals surface area contributed by atoms with Gasteiger partial charge in [-0.25, -0.2) is 4.39 Å². The zero-order valence-corrected chi connectivity index (χ0v) is 7.68. The molecular formula is C8H8ClFS. The molecule has 11 heavy (non-hydrogen) atoms. The molecular weight excluding hydrogens is 183 g/mol. The van der Waals surface area contributed by atoms with Gasteiger partial charge in [0.25, 0.3) is 0 Å². The number of thioether (sulfide) groups is 1. The first kappa shape index (κ1) is 8.88. The number of benzene rings is 1. The first-order valence-corrected chi connectivity index (χ1v) is 4.76. The van der Waals surface area contributed by atoms with Crippen molar-refractivity contribution in [2.45, 2.75) is 11.6 Å². The van der Waals surface area contributed by atoms with Crippen LogP contribution in [0.3, 0.4) is 0 Å². The van der Waals surface area contributed by atoms with Crippen LogP contribution in [0.15, 0.2) is 23.1 Å². The summed E-state index contributed by atoms with van der Waals surface area (Å²) in [5.74, 6) is 0. The van der Waals surface area contributed by atoms with Crippen LogP contribution in [0, 0.1) is 0 Å². The Labute approximate surface area is 74.8 Å². The van der Waals surface area contributed by atoms with Crippen molar-refractivity contribution in [3.05, 3.63) is 28.8 Å². The van der Waals surface area contributed by atoms with E-state index in [2.05, 4.69) is 0 Å². The highest BCUT2D eigenvalue weighted by Crippen LogP contribution is 2.23. The SMILES string of the molecule is CSc1ccc(CF)c(Cl)c1. The van der Waals surface area contributed by atoms with Gasteiger partial charge in [-0.3, -0.25) is 0 Å². The number of alkyl halides is 1. The van der Waals surface area contributed by atoms with Gasteiger partial charge >= 0.3 is 0 Å². The molecule has 1 rings (SSSR count). The zero-order valence-electron chi connectivity index (χ0n) is 6.10. The molecule has 0 nitrogen and oxygen atoms in total. The average Bonchev–Trinajstić information content (AvgIpc) is 2.04. The van der Waals surface area contributed by atoms with Gasteiger partial charge in [0.1, 0.15) is 6.67 Å². The fourth-order valence-corrected chi connectivity index (χ4v) is 1.50. The van der Waals surface area contributed by atoms with Crippen molar-refractivity contribution in [3.8, 4) is 0 Å². The lowest BCUT2D eigenvalue weighted by atomic mass is 10.2. The molecule has 0 spiro atoms. The topological polar surface area (TPSA) is 0 Å². The van der Waals surface area contributed by atoms with E-state index in [1.807, 2.05) is 12.3 Å². The maximum absolute atomic E-state index is 12.1. The van der Waals surface area contributed by atoms with Gasteiger partial charge in [-0.15, -0.1) is 11.8 Å². The summed E-state index contributed by atoms with van der Waals surface area (Å²) in [6, 6.07) is 5.36. The second-order valence-corrected chi connectivity index (χ2v) is 3.38. The standard InChI is InChI=1S/C8H8ClFS/c1-11-7-3-2-6(5-10)8(9)4-7/h2-4H,5H2,1H3. The van der Waals surface area contributed by atoms with Crippen molar-refractivity contribution >= 4 is 23.4 Å². The second kappa shape index (κ2) is 3.98. The Morgan fingerprint density at radius 1 is 1.55 bits per heavy atom. The Morgan fingerprint density at radius 2 is 2.27 bits per heavy atom. The molecule has 0 amide bonds. The third kappa shape index (κ3) is 2.11. The fourth-order valence-electron chi connectivity index (χ4n) is 0.763. The van der Waals surface area contributed by atoms with Crippen LogP contribution in [-0.2, 0) is 6.67 Å². The van der Waals surface area contributed by atoms with E-state index < -0.39 is 6.67 Å². The Hall–Kier alpha value is -0.210. The maximum Gasteiger partial charge on any atom is 0.116 e. The van der Waals surface area contributed by atoms with Crippen LogP contribution in [0.5, 0.6) is 0 Å². The maximum atomic E-state index is 12.1. The molecule has 0 radical (unpaired) electrons. The van der Waals surface area contributed by atoms with Gasteiger partial charge in [0.05, 0.1) is 0 Å². The summed E-state index contributed by atoms with van der Waals surface area (Å²) >= 11 is 7.35. The number of hydrogen-bond donors (Lipinski definition) is 0. The predicted molar refractivity (Wildman–Crippen MR) is 48.0 cm³/mol. The van der Waals surface area contributed by atoms with Gasteiger partial charge in [0.15, 0.2) is 0 Å². The van der Waals surface area contributed by atoms with Crippen LogP contribution in [0.2, 0.25) is 5.02 Å². The summed E-state index contributed by atoms with van der Waals surface area (Å²) < 4.78 is 12.1. The summed E-state index contributed by atoms with van der Waals surface area (Å²) in [4.78, 5) is 1.06. The van der Waals surface area contributed by atoms with E-state index in [4.69, 9.17) is 11.6 Å². The summed E-state index contributed by atoms with van der Waals surface area (Å²) in [5.41, 5.74) is 0.560. The quantitative estimate of drug-likeness (QED) is 0.643. The van der Waals surface area contributed by atoms with E-state index in [-0.39, 0.29) is 0 Å². The highest BCUT2D eigenvalue weighted by atomic mass is 35.5. The van der Waals surface area contributed by atoms with E-state index in [1.165, 1.54) is 0 Å². The van der Waals surface area contributed by atoms with Gasteiger partial charge in [0, 0.05) is 15.5 Å². The van der Waals surface area contributed by atoms with Crippen LogP contribution >= 0.6 is 23.4 Å². The minimum Gasteiger partial charge on any atom is -0.246 e. The minimum absolute atomic E-state index is 0.493. The number of rotatable bonds is 2. The Morgan fingerprint density at radius 3 is 2.73 bits per heavy atom. The molecule has 1 aromatic rings. The average molecular weight is 191 g/mol. The summed E-state index contributed by atoms with van der Waals surface area (Å²) in [7, 11) is 0.